The molecule has 1 amide bonds. The van der Waals surface area contributed by atoms with Crippen LogP contribution in [0.4, 0.5) is 0 Å². The van der Waals surface area contributed by atoms with E-state index >= 15 is 0 Å². The number of furan rings is 1. The Labute approximate surface area is 132 Å². The van der Waals surface area contributed by atoms with Crippen molar-refractivity contribution >= 4 is 5.91 Å². The Morgan fingerprint density at radius 3 is 2.59 bits per heavy atom. The first-order chi connectivity index (χ1) is 10.6. The van der Waals surface area contributed by atoms with Crippen LogP contribution >= 0.6 is 0 Å². The summed E-state index contributed by atoms with van der Waals surface area (Å²) in [5.41, 5.74) is 1.26. The van der Waals surface area contributed by atoms with Gasteiger partial charge < -0.3 is 9.73 Å². The average molecular weight is 300 g/mol. The predicted molar refractivity (Wildman–Crippen MR) is 87.5 cm³/mol. The van der Waals surface area contributed by atoms with Gasteiger partial charge in [0.05, 0.1) is 6.54 Å². The van der Waals surface area contributed by atoms with E-state index in [1.165, 1.54) is 5.56 Å². The van der Waals surface area contributed by atoms with Crippen LogP contribution in [0.2, 0.25) is 0 Å². The molecule has 0 aliphatic heterocycles. The lowest BCUT2D eigenvalue weighted by atomic mass is 10.2. The van der Waals surface area contributed by atoms with Crippen LogP contribution in [0.3, 0.4) is 0 Å². The SMILES string of the molecule is CCC(C)NC(=O)c1ccc(CN(C)Cc2ccccc2)o1. The highest BCUT2D eigenvalue weighted by Gasteiger charge is 2.13. The van der Waals surface area contributed by atoms with Crippen LogP contribution in [-0.4, -0.2) is 23.9 Å². The van der Waals surface area contributed by atoms with Crippen molar-refractivity contribution in [2.24, 2.45) is 0 Å². The maximum atomic E-state index is 12.0. The van der Waals surface area contributed by atoms with E-state index in [1.807, 2.05) is 45.2 Å². The molecule has 2 aromatic rings. The summed E-state index contributed by atoms with van der Waals surface area (Å²) in [6.07, 6.45) is 0.902. The molecule has 118 valence electrons. The van der Waals surface area contributed by atoms with E-state index in [0.717, 1.165) is 18.7 Å². The number of hydrogen-bond donors (Lipinski definition) is 1. The van der Waals surface area contributed by atoms with Crippen LogP contribution in [0.5, 0.6) is 0 Å². The number of rotatable bonds is 7. The summed E-state index contributed by atoms with van der Waals surface area (Å²) in [7, 11) is 2.04. The van der Waals surface area contributed by atoms with E-state index in [9.17, 15) is 4.79 Å². The van der Waals surface area contributed by atoms with Gasteiger partial charge in [0.25, 0.3) is 5.91 Å². The van der Waals surface area contributed by atoms with E-state index in [-0.39, 0.29) is 11.9 Å². The standard InChI is InChI=1S/C18H24N2O2/c1-4-14(2)19-18(21)17-11-10-16(22-17)13-20(3)12-15-8-6-5-7-9-15/h5-11,14H,4,12-13H2,1-3H3,(H,19,21). The van der Waals surface area contributed by atoms with Gasteiger partial charge in [-0.3, -0.25) is 9.69 Å². The van der Waals surface area contributed by atoms with Gasteiger partial charge in [-0.05, 0) is 38.1 Å². The molecule has 0 radical (unpaired) electrons. The molecular weight excluding hydrogens is 276 g/mol. The Bertz CT molecular complexity index is 592. The van der Waals surface area contributed by atoms with Crippen molar-refractivity contribution in [2.75, 3.05) is 7.05 Å². The zero-order valence-electron chi connectivity index (χ0n) is 13.5. The molecule has 0 aliphatic rings. The fraction of sp³-hybridized carbons (Fsp3) is 0.389. The Morgan fingerprint density at radius 2 is 1.91 bits per heavy atom. The summed E-state index contributed by atoms with van der Waals surface area (Å²) in [4.78, 5) is 14.1. The van der Waals surface area contributed by atoms with Crippen molar-refractivity contribution in [3.8, 4) is 0 Å². The lowest BCUT2D eigenvalue weighted by molar-refractivity contribution is 0.0907. The van der Waals surface area contributed by atoms with Gasteiger partial charge in [-0.2, -0.15) is 0 Å². The third-order valence-corrected chi connectivity index (χ3v) is 3.60. The van der Waals surface area contributed by atoms with Gasteiger partial charge in [0.15, 0.2) is 5.76 Å². The fourth-order valence-corrected chi connectivity index (χ4v) is 2.20. The van der Waals surface area contributed by atoms with Crippen LogP contribution in [0.25, 0.3) is 0 Å². The van der Waals surface area contributed by atoms with E-state index in [4.69, 9.17) is 4.42 Å². The molecule has 0 fully saturated rings. The minimum Gasteiger partial charge on any atom is -0.455 e. The van der Waals surface area contributed by atoms with E-state index in [2.05, 4.69) is 22.3 Å². The molecule has 1 unspecified atom stereocenters. The van der Waals surface area contributed by atoms with Crippen LogP contribution in [0.1, 0.15) is 42.1 Å². The minimum absolute atomic E-state index is 0.147. The first-order valence-electron chi connectivity index (χ1n) is 7.70. The zero-order chi connectivity index (χ0) is 15.9. The summed E-state index contributed by atoms with van der Waals surface area (Å²) in [6, 6.07) is 14.0. The molecule has 0 saturated heterocycles. The van der Waals surface area contributed by atoms with Crippen LogP contribution in [0.15, 0.2) is 46.9 Å². The van der Waals surface area contributed by atoms with Crippen molar-refractivity contribution in [3.05, 3.63) is 59.5 Å². The molecule has 1 aromatic heterocycles. The average Bonchev–Trinajstić information content (AvgIpc) is 2.96. The zero-order valence-corrected chi connectivity index (χ0v) is 13.5. The molecule has 1 N–H and O–H groups in total. The lowest BCUT2D eigenvalue weighted by Crippen LogP contribution is -2.31. The van der Waals surface area contributed by atoms with Crippen molar-refractivity contribution < 1.29 is 9.21 Å². The Balaban J connectivity index is 1.90. The number of nitrogens with zero attached hydrogens (tertiary/aromatic N) is 1. The van der Waals surface area contributed by atoms with Gasteiger partial charge in [-0.15, -0.1) is 0 Å². The number of hydrogen-bond acceptors (Lipinski definition) is 3. The second kappa shape index (κ2) is 7.80. The number of carbonyl (C=O) groups is 1. The molecule has 0 bridgehead atoms. The topological polar surface area (TPSA) is 45.5 Å². The van der Waals surface area contributed by atoms with Crippen molar-refractivity contribution in [1.29, 1.82) is 0 Å². The van der Waals surface area contributed by atoms with Gasteiger partial charge in [0.1, 0.15) is 5.76 Å². The first kappa shape index (κ1) is 16.3. The smallest absolute Gasteiger partial charge is 0.287 e. The van der Waals surface area contributed by atoms with E-state index < -0.39 is 0 Å². The number of nitrogens with one attached hydrogen (secondary N) is 1. The number of benzene rings is 1. The van der Waals surface area contributed by atoms with Gasteiger partial charge in [0.2, 0.25) is 0 Å². The van der Waals surface area contributed by atoms with Crippen LogP contribution in [-0.2, 0) is 13.1 Å². The summed E-state index contributed by atoms with van der Waals surface area (Å²) in [5, 5.41) is 2.91. The molecule has 0 spiro atoms. The predicted octanol–water partition coefficient (Wildman–Crippen LogP) is 3.44. The summed E-state index contributed by atoms with van der Waals surface area (Å²) in [6.45, 7) is 5.54. The van der Waals surface area contributed by atoms with Crippen molar-refractivity contribution in [3.63, 3.8) is 0 Å². The summed E-state index contributed by atoms with van der Waals surface area (Å²) < 4.78 is 5.65. The maximum absolute atomic E-state index is 12.0. The first-order valence-corrected chi connectivity index (χ1v) is 7.70. The van der Waals surface area contributed by atoms with Crippen molar-refractivity contribution in [2.45, 2.75) is 39.4 Å². The number of carbonyl (C=O) groups excluding carboxylic acids is 1. The Morgan fingerprint density at radius 1 is 1.18 bits per heavy atom. The van der Waals surface area contributed by atoms with Gasteiger partial charge in [0, 0.05) is 12.6 Å². The normalized spacial score (nSPS) is 12.4. The molecular formula is C18H24N2O2. The summed E-state index contributed by atoms with van der Waals surface area (Å²) >= 11 is 0. The molecule has 1 aromatic carbocycles. The molecule has 22 heavy (non-hydrogen) atoms. The second-order valence-electron chi connectivity index (χ2n) is 5.71. The van der Waals surface area contributed by atoms with Gasteiger partial charge >= 0.3 is 0 Å². The third kappa shape index (κ3) is 4.74. The van der Waals surface area contributed by atoms with E-state index in [0.29, 0.717) is 12.3 Å². The van der Waals surface area contributed by atoms with Gasteiger partial charge in [-0.25, -0.2) is 0 Å². The largest absolute Gasteiger partial charge is 0.455 e. The third-order valence-electron chi connectivity index (χ3n) is 3.60. The van der Waals surface area contributed by atoms with Crippen molar-refractivity contribution in [1.82, 2.24) is 10.2 Å². The molecule has 0 saturated carbocycles. The highest BCUT2D eigenvalue weighted by atomic mass is 16.4. The Kier molecular flexibility index (Phi) is 5.78. The van der Waals surface area contributed by atoms with Crippen LogP contribution in [0, 0.1) is 0 Å². The van der Waals surface area contributed by atoms with Crippen LogP contribution < -0.4 is 5.32 Å². The molecule has 4 nitrogen and oxygen atoms in total. The number of amides is 1. The quantitative estimate of drug-likeness (QED) is 0.852. The molecule has 1 heterocycles. The van der Waals surface area contributed by atoms with Gasteiger partial charge in [-0.1, -0.05) is 37.3 Å². The molecule has 1 atom stereocenters. The summed E-state index contributed by atoms with van der Waals surface area (Å²) in [5.74, 6) is 1.03. The Hall–Kier alpha value is -2.07. The molecule has 4 heteroatoms. The van der Waals surface area contributed by atoms with E-state index in [1.54, 1.807) is 6.07 Å². The molecule has 0 aliphatic carbocycles. The lowest BCUT2D eigenvalue weighted by Gasteiger charge is -2.15. The maximum Gasteiger partial charge on any atom is 0.287 e. The monoisotopic (exact) mass is 300 g/mol. The highest BCUT2D eigenvalue weighted by molar-refractivity contribution is 5.91. The minimum atomic E-state index is -0.147. The highest BCUT2D eigenvalue weighted by Crippen LogP contribution is 2.12. The molecule has 2 rings (SSSR count). The fourth-order valence-electron chi connectivity index (χ4n) is 2.20. The second-order valence-corrected chi connectivity index (χ2v) is 5.71.